The van der Waals surface area contributed by atoms with E-state index < -0.39 is 6.09 Å². The average molecular weight is 131 g/mol. The smallest absolute Gasteiger partial charge is 0.404 e. The number of hydrogen-bond acceptors (Lipinski definition) is 2. The van der Waals surface area contributed by atoms with Crippen molar-refractivity contribution < 1.29 is 14.6 Å². The van der Waals surface area contributed by atoms with Crippen LogP contribution in [0.5, 0.6) is 0 Å². The summed E-state index contributed by atoms with van der Waals surface area (Å²) in [5.74, 6) is 0. The molecule has 4 nitrogen and oxygen atoms in total. The molecule has 0 aromatic carbocycles. The van der Waals surface area contributed by atoms with Crippen LogP contribution in [0.25, 0.3) is 0 Å². The van der Waals surface area contributed by atoms with Gasteiger partial charge >= 0.3 is 6.09 Å². The minimum absolute atomic E-state index is 0.0671. The molecular weight excluding hydrogens is 122 g/mol. The van der Waals surface area contributed by atoms with E-state index >= 15 is 0 Å². The molecule has 4 heteroatoms. The Morgan fingerprint density at radius 1 is 2.00 bits per heavy atom. The lowest BCUT2D eigenvalue weighted by Gasteiger charge is -2.05. The Labute approximate surface area is 52.8 Å². The molecule has 0 aliphatic carbocycles. The molecule has 1 saturated heterocycles. The summed E-state index contributed by atoms with van der Waals surface area (Å²) in [6.07, 6.45) is -0.876. The number of carboxylic acid groups (broad SMARTS) is 1. The van der Waals surface area contributed by atoms with Crippen molar-refractivity contribution >= 4 is 6.09 Å². The maximum Gasteiger partial charge on any atom is 0.404 e. The zero-order chi connectivity index (χ0) is 6.85. The molecule has 1 amide bonds. The van der Waals surface area contributed by atoms with E-state index in [-0.39, 0.29) is 12.1 Å². The number of nitrogens with one attached hydrogen (secondary N) is 1. The van der Waals surface area contributed by atoms with Crippen molar-refractivity contribution in [3.05, 3.63) is 0 Å². The normalized spacial score (nSPS) is 27.0. The Morgan fingerprint density at radius 2 is 2.56 bits per heavy atom. The van der Waals surface area contributed by atoms with Crippen molar-refractivity contribution in [1.82, 2.24) is 5.32 Å². The third kappa shape index (κ3) is 1.89. The second-order valence-electron chi connectivity index (χ2n) is 2.11. The van der Waals surface area contributed by atoms with Gasteiger partial charge in [0.2, 0.25) is 0 Å². The SMILES string of the molecule is C[C@H](NC(=O)O)[C@@H]1CO1. The maximum atomic E-state index is 9.98. The van der Waals surface area contributed by atoms with E-state index in [9.17, 15) is 4.79 Å². The fourth-order valence-corrected chi connectivity index (χ4v) is 0.632. The lowest BCUT2D eigenvalue weighted by molar-refractivity contribution is 0.187. The Balaban J connectivity index is 2.17. The highest BCUT2D eigenvalue weighted by Gasteiger charge is 2.30. The Morgan fingerprint density at radius 3 is 2.89 bits per heavy atom. The molecule has 0 unspecified atom stereocenters. The molecular formula is C5H9NO3. The first-order valence-electron chi connectivity index (χ1n) is 2.81. The lowest BCUT2D eigenvalue weighted by Crippen LogP contribution is -2.35. The van der Waals surface area contributed by atoms with E-state index in [2.05, 4.69) is 5.32 Å². The average Bonchev–Trinajstić information content (AvgIpc) is 2.40. The molecule has 2 atom stereocenters. The van der Waals surface area contributed by atoms with Gasteiger partial charge in [0.05, 0.1) is 12.6 Å². The third-order valence-corrected chi connectivity index (χ3v) is 1.27. The molecule has 1 fully saturated rings. The van der Waals surface area contributed by atoms with Crippen LogP contribution in [0.15, 0.2) is 0 Å². The van der Waals surface area contributed by atoms with Crippen LogP contribution in [0.1, 0.15) is 6.92 Å². The van der Waals surface area contributed by atoms with Gasteiger partial charge in [-0.1, -0.05) is 0 Å². The maximum absolute atomic E-state index is 9.98. The molecule has 0 radical (unpaired) electrons. The van der Waals surface area contributed by atoms with Crippen LogP contribution in [0.4, 0.5) is 4.79 Å². The van der Waals surface area contributed by atoms with Crippen LogP contribution < -0.4 is 5.32 Å². The van der Waals surface area contributed by atoms with Crippen molar-refractivity contribution in [3.63, 3.8) is 0 Å². The molecule has 1 aliphatic heterocycles. The van der Waals surface area contributed by atoms with Crippen LogP contribution in [0.2, 0.25) is 0 Å². The van der Waals surface area contributed by atoms with E-state index in [1.165, 1.54) is 0 Å². The third-order valence-electron chi connectivity index (χ3n) is 1.27. The Hall–Kier alpha value is -0.770. The van der Waals surface area contributed by atoms with E-state index in [1.54, 1.807) is 6.92 Å². The van der Waals surface area contributed by atoms with Gasteiger partial charge in [0, 0.05) is 0 Å². The molecule has 9 heavy (non-hydrogen) atoms. The van der Waals surface area contributed by atoms with Gasteiger partial charge in [-0.25, -0.2) is 4.79 Å². The summed E-state index contributed by atoms with van der Waals surface area (Å²) in [5, 5.41) is 10.5. The van der Waals surface area contributed by atoms with Gasteiger partial charge in [0.25, 0.3) is 0 Å². The lowest BCUT2D eigenvalue weighted by atomic mass is 10.3. The van der Waals surface area contributed by atoms with Gasteiger partial charge < -0.3 is 15.2 Å². The van der Waals surface area contributed by atoms with Gasteiger partial charge in [-0.3, -0.25) is 0 Å². The van der Waals surface area contributed by atoms with E-state index in [0.717, 1.165) is 0 Å². The number of hydrogen-bond donors (Lipinski definition) is 2. The first-order chi connectivity index (χ1) is 4.20. The minimum atomic E-state index is -0.988. The predicted octanol–water partition coefficient (Wildman–Crippen LogP) is 0.0413. The Kier molecular flexibility index (Phi) is 1.57. The summed E-state index contributed by atoms with van der Waals surface area (Å²) in [7, 11) is 0. The van der Waals surface area contributed by atoms with Crippen LogP contribution >= 0.6 is 0 Å². The molecule has 52 valence electrons. The molecule has 0 aromatic rings. The summed E-state index contributed by atoms with van der Waals surface area (Å²) in [5.41, 5.74) is 0. The molecule has 0 bridgehead atoms. The second-order valence-corrected chi connectivity index (χ2v) is 2.11. The van der Waals surface area contributed by atoms with Crippen molar-refractivity contribution in [2.75, 3.05) is 6.61 Å². The van der Waals surface area contributed by atoms with Gasteiger partial charge in [0.15, 0.2) is 0 Å². The number of epoxide rings is 1. The molecule has 2 N–H and O–H groups in total. The van der Waals surface area contributed by atoms with E-state index in [4.69, 9.17) is 9.84 Å². The van der Waals surface area contributed by atoms with Crippen LogP contribution in [0.3, 0.4) is 0 Å². The summed E-state index contributed by atoms with van der Waals surface area (Å²) in [6, 6.07) is -0.0671. The number of amides is 1. The van der Waals surface area contributed by atoms with Crippen molar-refractivity contribution in [2.45, 2.75) is 19.1 Å². The highest BCUT2D eigenvalue weighted by atomic mass is 16.6. The topological polar surface area (TPSA) is 61.9 Å². The summed E-state index contributed by atoms with van der Waals surface area (Å²) >= 11 is 0. The zero-order valence-corrected chi connectivity index (χ0v) is 5.13. The van der Waals surface area contributed by atoms with Gasteiger partial charge in [-0.2, -0.15) is 0 Å². The molecule has 0 saturated carbocycles. The van der Waals surface area contributed by atoms with Gasteiger partial charge in [-0.05, 0) is 6.92 Å². The highest BCUT2D eigenvalue weighted by molar-refractivity contribution is 5.64. The fourth-order valence-electron chi connectivity index (χ4n) is 0.632. The van der Waals surface area contributed by atoms with Crippen LogP contribution in [-0.2, 0) is 4.74 Å². The van der Waals surface area contributed by atoms with Crippen molar-refractivity contribution in [2.24, 2.45) is 0 Å². The van der Waals surface area contributed by atoms with Crippen molar-refractivity contribution in [1.29, 1.82) is 0 Å². The molecule has 1 heterocycles. The van der Waals surface area contributed by atoms with Gasteiger partial charge in [-0.15, -0.1) is 0 Å². The Bertz CT molecular complexity index is 121. The van der Waals surface area contributed by atoms with Gasteiger partial charge in [0.1, 0.15) is 6.10 Å². The number of carbonyl (C=O) groups is 1. The van der Waals surface area contributed by atoms with Crippen molar-refractivity contribution in [3.8, 4) is 0 Å². The second kappa shape index (κ2) is 2.23. The monoisotopic (exact) mass is 131 g/mol. The quantitative estimate of drug-likeness (QED) is 0.520. The largest absolute Gasteiger partial charge is 0.465 e. The zero-order valence-electron chi connectivity index (χ0n) is 5.13. The molecule has 1 rings (SSSR count). The standard InChI is InChI=1S/C5H9NO3/c1-3(4-2-9-4)6-5(7)8/h3-4,6H,2H2,1H3,(H,7,8)/t3-,4-/m0/s1. The van der Waals surface area contributed by atoms with E-state index in [0.29, 0.717) is 6.61 Å². The fraction of sp³-hybridized carbons (Fsp3) is 0.800. The highest BCUT2D eigenvalue weighted by Crippen LogP contribution is 2.12. The first kappa shape index (κ1) is 6.35. The molecule has 0 spiro atoms. The summed E-state index contributed by atoms with van der Waals surface area (Å²) in [4.78, 5) is 9.98. The number of rotatable bonds is 2. The number of ether oxygens (including phenoxy) is 1. The molecule has 1 aliphatic rings. The minimum Gasteiger partial charge on any atom is -0.465 e. The van der Waals surface area contributed by atoms with Crippen LogP contribution in [-0.4, -0.2) is 30.0 Å². The van der Waals surface area contributed by atoms with Crippen LogP contribution in [0, 0.1) is 0 Å². The first-order valence-corrected chi connectivity index (χ1v) is 2.81. The molecule has 0 aromatic heterocycles. The van der Waals surface area contributed by atoms with E-state index in [1.807, 2.05) is 0 Å². The predicted molar refractivity (Wildman–Crippen MR) is 30.4 cm³/mol. The summed E-state index contributed by atoms with van der Waals surface area (Å²) < 4.78 is 4.85. The summed E-state index contributed by atoms with van der Waals surface area (Å²) in [6.45, 7) is 2.47.